The molecule has 9 nitrogen and oxygen atoms in total. The van der Waals surface area contributed by atoms with Crippen LogP contribution in [0.15, 0.2) is 18.3 Å². The molecule has 0 amide bonds. The van der Waals surface area contributed by atoms with E-state index in [2.05, 4.69) is 20.5 Å². The number of nitrogen functional groups attached to an aromatic ring is 1. The molecule has 3 aromatic rings. The number of hydrogen-bond acceptors (Lipinski definition) is 7. The molecule has 84 valence electrons. The number of fused-ring (bicyclic) bond motifs is 3. The lowest BCUT2D eigenvalue weighted by atomic mass is 10.2. The van der Waals surface area contributed by atoms with E-state index in [1.165, 1.54) is 10.7 Å². The van der Waals surface area contributed by atoms with Crippen LogP contribution in [-0.2, 0) is 0 Å². The molecular formula is C8H5N7O2. The summed E-state index contributed by atoms with van der Waals surface area (Å²) in [4.78, 5) is 14.4. The van der Waals surface area contributed by atoms with Crippen molar-refractivity contribution in [1.29, 1.82) is 0 Å². The fourth-order valence-corrected chi connectivity index (χ4v) is 1.68. The van der Waals surface area contributed by atoms with Crippen LogP contribution in [0.4, 0.5) is 11.4 Å². The minimum absolute atomic E-state index is 0.00741. The fourth-order valence-electron chi connectivity index (χ4n) is 1.68. The van der Waals surface area contributed by atoms with Gasteiger partial charge in [-0.1, -0.05) is 0 Å². The number of hydrogen-bond donors (Lipinski definition) is 1. The highest BCUT2D eigenvalue weighted by molar-refractivity contribution is 5.96. The van der Waals surface area contributed by atoms with Crippen LogP contribution in [0.3, 0.4) is 0 Å². The van der Waals surface area contributed by atoms with Crippen LogP contribution in [0.1, 0.15) is 0 Å². The van der Waals surface area contributed by atoms with Gasteiger partial charge in [0, 0.05) is 6.20 Å². The summed E-state index contributed by atoms with van der Waals surface area (Å²) in [6, 6.07) is 3.36. The van der Waals surface area contributed by atoms with Gasteiger partial charge in [0.2, 0.25) is 0 Å². The number of rotatable bonds is 1. The van der Waals surface area contributed by atoms with Gasteiger partial charge in [-0.25, -0.2) is 0 Å². The number of aromatic nitrogens is 5. The molecule has 0 saturated heterocycles. The highest BCUT2D eigenvalue weighted by Gasteiger charge is 2.24. The van der Waals surface area contributed by atoms with Crippen molar-refractivity contribution in [2.24, 2.45) is 0 Å². The van der Waals surface area contributed by atoms with E-state index in [1.807, 2.05) is 0 Å². The van der Waals surface area contributed by atoms with Gasteiger partial charge in [-0.2, -0.15) is 4.52 Å². The van der Waals surface area contributed by atoms with Gasteiger partial charge in [0.25, 0.3) is 5.65 Å². The van der Waals surface area contributed by atoms with E-state index in [0.29, 0.717) is 11.0 Å². The van der Waals surface area contributed by atoms with Crippen molar-refractivity contribution >= 4 is 28.1 Å². The lowest BCUT2D eigenvalue weighted by Gasteiger charge is -2.03. The predicted octanol–water partition coefficient (Wildman–Crippen LogP) is 0.163. The molecule has 0 aliphatic heterocycles. The molecule has 0 saturated carbocycles. The number of tetrazole rings is 1. The molecule has 0 spiro atoms. The van der Waals surface area contributed by atoms with Gasteiger partial charge in [-0.15, -0.1) is 5.10 Å². The van der Waals surface area contributed by atoms with Gasteiger partial charge in [-0.05, 0) is 22.6 Å². The van der Waals surface area contributed by atoms with E-state index >= 15 is 0 Å². The molecule has 3 rings (SSSR count). The molecule has 17 heavy (non-hydrogen) atoms. The quantitative estimate of drug-likeness (QED) is 0.467. The number of pyridine rings is 2. The molecule has 0 aromatic carbocycles. The summed E-state index contributed by atoms with van der Waals surface area (Å²) in [5.41, 5.74) is 6.20. The van der Waals surface area contributed by atoms with E-state index in [-0.39, 0.29) is 17.0 Å². The minimum atomic E-state index is -0.616. The van der Waals surface area contributed by atoms with Gasteiger partial charge in [0.05, 0.1) is 10.4 Å². The predicted molar refractivity (Wildman–Crippen MR) is 57.1 cm³/mol. The van der Waals surface area contributed by atoms with Crippen LogP contribution in [0.25, 0.3) is 16.7 Å². The third-order valence-electron chi connectivity index (χ3n) is 2.39. The Balaban J connectivity index is 2.65. The second kappa shape index (κ2) is 3.07. The number of nitrogens with two attached hydrogens (primary N) is 1. The van der Waals surface area contributed by atoms with Crippen LogP contribution in [0.5, 0.6) is 0 Å². The monoisotopic (exact) mass is 231 g/mol. The summed E-state index contributed by atoms with van der Waals surface area (Å²) >= 11 is 0. The average Bonchev–Trinajstić information content (AvgIpc) is 2.78. The van der Waals surface area contributed by atoms with Crippen molar-refractivity contribution in [2.75, 3.05) is 5.73 Å². The van der Waals surface area contributed by atoms with E-state index in [9.17, 15) is 10.1 Å². The highest BCUT2D eigenvalue weighted by Crippen LogP contribution is 2.31. The fraction of sp³-hybridized carbons (Fsp3) is 0. The molecule has 0 bridgehead atoms. The van der Waals surface area contributed by atoms with Gasteiger partial charge in [0.15, 0.2) is 0 Å². The van der Waals surface area contributed by atoms with Gasteiger partial charge >= 0.3 is 5.69 Å². The summed E-state index contributed by atoms with van der Waals surface area (Å²) in [6.45, 7) is 0. The lowest BCUT2D eigenvalue weighted by molar-refractivity contribution is -0.382. The normalized spacial score (nSPS) is 11.1. The molecule has 0 atom stereocenters. The van der Waals surface area contributed by atoms with Gasteiger partial charge in [0.1, 0.15) is 11.2 Å². The first-order valence-corrected chi connectivity index (χ1v) is 4.59. The molecule has 0 radical (unpaired) electrons. The number of nitrogens with zero attached hydrogens (tertiary/aromatic N) is 6. The van der Waals surface area contributed by atoms with Crippen molar-refractivity contribution in [1.82, 2.24) is 25.0 Å². The van der Waals surface area contributed by atoms with Crippen LogP contribution < -0.4 is 5.73 Å². The van der Waals surface area contributed by atoms with E-state index in [4.69, 9.17) is 5.73 Å². The van der Waals surface area contributed by atoms with Crippen LogP contribution in [0, 0.1) is 10.1 Å². The second-order valence-electron chi connectivity index (χ2n) is 3.30. The molecule has 0 aliphatic carbocycles. The molecular weight excluding hydrogens is 226 g/mol. The number of anilines is 1. The summed E-state index contributed by atoms with van der Waals surface area (Å²) in [5, 5.41) is 21.7. The molecule has 3 heterocycles. The molecule has 0 aliphatic rings. The van der Waals surface area contributed by atoms with E-state index in [0.717, 1.165) is 0 Å². The molecule has 0 unspecified atom stereocenters. The SMILES string of the molecule is Nc1c([N+](=O)[O-])c2nnnn2c2cccnc12. The molecule has 3 aromatic heterocycles. The third kappa shape index (κ3) is 1.13. The summed E-state index contributed by atoms with van der Waals surface area (Å²) in [5.74, 6) is 0. The Morgan fingerprint density at radius 2 is 2.29 bits per heavy atom. The van der Waals surface area contributed by atoms with Crippen LogP contribution in [0.2, 0.25) is 0 Å². The Labute approximate surface area is 93.0 Å². The minimum Gasteiger partial charge on any atom is -0.391 e. The topological polar surface area (TPSA) is 125 Å². The first-order chi connectivity index (χ1) is 8.20. The maximum atomic E-state index is 11.0. The van der Waals surface area contributed by atoms with E-state index in [1.54, 1.807) is 12.1 Å². The largest absolute Gasteiger partial charge is 0.391 e. The maximum absolute atomic E-state index is 11.0. The molecule has 2 N–H and O–H groups in total. The van der Waals surface area contributed by atoms with Gasteiger partial charge < -0.3 is 5.73 Å². The van der Waals surface area contributed by atoms with Crippen molar-refractivity contribution in [3.8, 4) is 0 Å². The average molecular weight is 231 g/mol. The third-order valence-corrected chi connectivity index (χ3v) is 2.39. The summed E-state index contributed by atoms with van der Waals surface area (Å²) in [7, 11) is 0. The van der Waals surface area contributed by atoms with Gasteiger partial charge in [-0.3, -0.25) is 15.1 Å². The second-order valence-corrected chi connectivity index (χ2v) is 3.30. The Morgan fingerprint density at radius 1 is 1.47 bits per heavy atom. The molecule has 0 fully saturated rings. The van der Waals surface area contributed by atoms with Crippen molar-refractivity contribution in [3.63, 3.8) is 0 Å². The molecule has 9 heteroatoms. The van der Waals surface area contributed by atoms with Crippen molar-refractivity contribution < 1.29 is 4.92 Å². The van der Waals surface area contributed by atoms with Crippen LogP contribution in [-0.4, -0.2) is 29.9 Å². The smallest absolute Gasteiger partial charge is 0.340 e. The Morgan fingerprint density at radius 3 is 3.06 bits per heavy atom. The Kier molecular flexibility index (Phi) is 1.70. The zero-order valence-electron chi connectivity index (χ0n) is 8.31. The van der Waals surface area contributed by atoms with Crippen LogP contribution >= 0.6 is 0 Å². The first kappa shape index (κ1) is 9.39. The highest BCUT2D eigenvalue weighted by atomic mass is 16.6. The van der Waals surface area contributed by atoms with E-state index < -0.39 is 4.92 Å². The Hall–Kier alpha value is -2.84. The zero-order valence-corrected chi connectivity index (χ0v) is 8.31. The standard InChI is InChI=1S/C8H5N7O2/c9-5-6-4(2-1-3-10-6)14-8(11-12-13-14)7(5)15(16)17/h1-3H,9H2. The summed E-state index contributed by atoms with van der Waals surface area (Å²) in [6.07, 6.45) is 1.50. The maximum Gasteiger partial charge on any atom is 0.340 e. The Bertz CT molecular complexity index is 750. The van der Waals surface area contributed by atoms with Crippen molar-refractivity contribution in [2.45, 2.75) is 0 Å². The summed E-state index contributed by atoms with van der Waals surface area (Å²) < 4.78 is 1.25. The lowest BCUT2D eigenvalue weighted by Crippen LogP contribution is -2.03. The number of nitro groups is 1. The van der Waals surface area contributed by atoms with Crippen molar-refractivity contribution in [3.05, 3.63) is 28.4 Å². The zero-order chi connectivity index (χ0) is 12.0. The first-order valence-electron chi connectivity index (χ1n) is 4.59.